The largest absolute Gasteiger partial charge is 0.395 e. The van der Waals surface area contributed by atoms with Crippen LogP contribution in [-0.4, -0.2) is 97.6 Å². The molecule has 2 spiro atoms. The fourth-order valence-electron chi connectivity index (χ4n) is 9.87. The Bertz CT molecular complexity index is 2430. The summed E-state index contributed by atoms with van der Waals surface area (Å²) in [5.74, 6) is -3.53. The van der Waals surface area contributed by atoms with Gasteiger partial charge in [0.15, 0.2) is 23.2 Å². The number of rotatable bonds is 11. The maximum Gasteiger partial charge on any atom is 0.317 e. The van der Waals surface area contributed by atoms with Gasteiger partial charge in [-0.3, -0.25) is 9.59 Å². The lowest BCUT2D eigenvalue weighted by molar-refractivity contribution is 0.0882. The number of hydrogen-bond donors (Lipinski definition) is 6. The van der Waals surface area contributed by atoms with Gasteiger partial charge in [0, 0.05) is 104 Å². The minimum Gasteiger partial charge on any atom is -0.395 e. The van der Waals surface area contributed by atoms with Crippen LogP contribution in [0.25, 0.3) is 0 Å². The predicted octanol–water partition coefficient (Wildman–Crippen LogP) is 8.27. The van der Waals surface area contributed by atoms with Crippen molar-refractivity contribution in [1.29, 1.82) is 0 Å². The summed E-state index contributed by atoms with van der Waals surface area (Å²) in [4.78, 5) is 44.0. The number of urea groups is 1. The molecule has 4 aromatic rings. The number of nitrogens with two attached hydrogens (primary N) is 1. The monoisotopic (exact) mass is 952 g/mol. The summed E-state index contributed by atoms with van der Waals surface area (Å²) in [5.41, 5.74) is 7.40. The fraction of sp³-hybridized carbons (Fsp3) is 0.460. The Morgan fingerprint density at radius 1 is 0.691 bits per heavy atom. The molecule has 2 fully saturated rings. The molecule has 4 heterocycles. The van der Waals surface area contributed by atoms with Crippen LogP contribution in [0.4, 0.5) is 53.9 Å². The van der Waals surface area contributed by atoms with Crippen LogP contribution in [0.5, 0.6) is 0 Å². The molecule has 4 aromatic carbocycles. The summed E-state index contributed by atoms with van der Waals surface area (Å²) in [7, 11) is 0. The van der Waals surface area contributed by atoms with Crippen molar-refractivity contribution in [3.63, 3.8) is 0 Å². The highest BCUT2D eigenvalue weighted by molar-refractivity contribution is 6.05. The topological polar surface area (TPSA) is 155 Å². The van der Waals surface area contributed by atoms with Crippen molar-refractivity contribution in [1.82, 2.24) is 15.5 Å². The van der Waals surface area contributed by atoms with E-state index in [4.69, 9.17) is 10.8 Å². The van der Waals surface area contributed by atoms with Gasteiger partial charge in [-0.15, -0.1) is 0 Å². The number of nitrogens with zero attached hydrogens (tertiary/aromatic N) is 3. The van der Waals surface area contributed by atoms with Crippen LogP contribution in [0.2, 0.25) is 0 Å². The molecule has 68 heavy (non-hydrogen) atoms. The van der Waals surface area contributed by atoms with Crippen LogP contribution in [0, 0.1) is 34.9 Å². The molecule has 0 atom stereocenters. The normalized spacial score (nSPS) is 16.8. The first kappa shape index (κ1) is 51.5. The Morgan fingerprint density at radius 2 is 1.18 bits per heavy atom. The van der Waals surface area contributed by atoms with Gasteiger partial charge in [0.25, 0.3) is 0 Å². The highest BCUT2D eigenvalue weighted by Gasteiger charge is 2.47. The first-order valence-corrected chi connectivity index (χ1v) is 23.3. The number of Topliss-reactive ketones (excluding diaryl/α,β-unsaturated/α-hetero) is 2. The van der Waals surface area contributed by atoms with Crippen LogP contribution in [0.1, 0.15) is 97.6 Å². The third kappa shape index (κ3) is 11.2. The van der Waals surface area contributed by atoms with E-state index in [1.54, 1.807) is 17.0 Å². The van der Waals surface area contributed by atoms with Crippen molar-refractivity contribution >= 4 is 40.3 Å². The first-order chi connectivity index (χ1) is 32.7. The van der Waals surface area contributed by atoms with Gasteiger partial charge in [-0.25, -0.2) is 31.1 Å². The summed E-state index contributed by atoms with van der Waals surface area (Å²) >= 11 is 0. The first-order valence-electron chi connectivity index (χ1n) is 23.3. The van der Waals surface area contributed by atoms with Gasteiger partial charge in [0.2, 0.25) is 0 Å². The maximum atomic E-state index is 14.6. The summed E-state index contributed by atoms with van der Waals surface area (Å²) in [5, 5.41) is 20.1. The molecular formula is C50H62F6N8O4. The van der Waals surface area contributed by atoms with E-state index >= 15 is 0 Å². The molecule has 0 saturated carbocycles. The van der Waals surface area contributed by atoms with Gasteiger partial charge >= 0.3 is 6.03 Å². The average Bonchev–Trinajstić information content (AvgIpc) is 3.33. The molecule has 368 valence electrons. The quantitative estimate of drug-likeness (QED) is 0.0810. The molecule has 2 saturated heterocycles. The number of likely N-dealkylation sites (tertiary alicyclic amines) is 1. The second-order valence-electron chi connectivity index (χ2n) is 17.4. The fourth-order valence-corrected chi connectivity index (χ4v) is 9.87. The zero-order valence-electron chi connectivity index (χ0n) is 38.9. The molecule has 0 aromatic heterocycles. The summed E-state index contributed by atoms with van der Waals surface area (Å²) in [6.07, 6.45) is 4.67. The van der Waals surface area contributed by atoms with Gasteiger partial charge in [-0.1, -0.05) is 19.1 Å². The Balaban J connectivity index is 0.000000192. The van der Waals surface area contributed by atoms with Crippen molar-refractivity contribution in [3.05, 3.63) is 118 Å². The van der Waals surface area contributed by atoms with Crippen molar-refractivity contribution in [3.8, 4) is 0 Å². The number of hydrogen-bond acceptors (Lipinski definition) is 10. The van der Waals surface area contributed by atoms with Gasteiger partial charge in [-0.05, 0) is 108 Å². The third-order valence-electron chi connectivity index (χ3n) is 13.3. The van der Waals surface area contributed by atoms with Crippen molar-refractivity contribution in [2.75, 3.05) is 79.4 Å². The molecule has 0 radical (unpaired) electrons. The van der Waals surface area contributed by atoms with Crippen molar-refractivity contribution < 1.29 is 45.8 Å². The lowest BCUT2D eigenvalue weighted by Gasteiger charge is -2.52. The minimum absolute atomic E-state index is 0.00409. The summed E-state index contributed by atoms with van der Waals surface area (Å²) in [6, 6.07) is 13.5. The second-order valence-corrected chi connectivity index (χ2v) is 17.4. The average molecular weight is 953 g/mol. The standard InChI is InChI=1S/C25H29F3N4O3.C15H19FN2O.C10H14F2N2/c1-2-32-20-6-4-17(26)13-18(20)21(34)14-25(32)7-10-31(11-8-25)24(35)30-15-16-3-5-19(27)23(22(16)28)29-9-12-33;1-2-18-13-4-3-11(16)9-12(13)14(19)10-15(18)5-7-17-8-6-15;1-2-5-14-10-8(11)4-3-7(6-13)9(10)12/h3-6,13,29,33H,2,7-12,14-15H2,1H3,(H,30,35);3-4,9,17H,2,5-8,10H2,1H3;3-4,14H,2,5-6,13H2,1H3. The van der Waals surface area contributed by atoms with E-state index in [0.717, 1.165) is 56.3 Å². The minimum atomic E-state index is -0.814. The number of ketones is 2. The smallest absolute Gasteiger partial charge is 0.317 e. The highest BCUT2D eigenvalue weighted by atomic mass is 19.2. The number of aliphatic hydroxyl groups is 1. The van der Waals surface area contributed by atoms with Crippen LogP contribution < -0.4 is 36.8 Å². The van der Waals surface area contributed by atoms with E-state index < -0.39 is 34.6 Å². The van der Waals surface area contributed by atoms with Crippen molar-refractivity contribution in [2.45, 2.75) is 89.9 Å². The molecule has 7 N–H and O–H groups in total. The van der Waals surface area contributed by atoms with Crippen molar-refractivity contribution in [2.24, 2.45) is 5.73 Å². The Labute approximate surface area is 393 Å². The number of benzene rings is 4. The number of carbonyl (C=O) groups excluding carboxylic acids is 3. The molecule has 0 aliphatic carbocycles. The molecular weight excluding hydrogens is 891 g/mol. The van der Waals surface area contributed by atoms with E-state index in [-0.39, 0.29) is 78.6 Å². The molecule has 12 nitrogen and oxygen atoms in total. The Hall–Kier alpha value is -5.85. The zero-order valence-corrected chi connectivity index (χ0v) is 38.9. The number of aliphatic hydroxyl groups excluding tert-OH is 1. The van der Waals surface area contributed by atoms with Gasteiger partial charge in [-0.2, -0.15) is 0 Å². The Morgan fingerprint density at radius 3 is 1.66 bits per heavy atom. The summed E-state index contributed by atoms with van der Waals surface area (Å²) in [6.45, 7) is 10.4. The third-order valence-corrected chi connectivity index (χ3v) is 13.3. The molecule has 2 amide bonds. The highest BCUT2D eigenvalue weighted by Crippen LogP contribution is 2.44. The van der Waals surface area contributed by atoms with E-state index in [1.165, 1.54) is 42.5 Å². The molecule has 4 aliphatic rings. The van der Waals surface area contributed by atoms with Crippen LogP contribution in [-0.2, 0) is 13.1 Å². The molecule has 4 aliphatic heterocycles. The van der Waals surface area contributed by atoms with Gasteiger partial charge in [0.1, 0.15) is 34.6 Å². The number of carbonyl (C=O) groups is 3. The molecule has 0 bridgehead atoms. The van der Waals surface area contributed by atoms with E-state index in [9.17, 15) is 40.7 Å². The zero-order chi connectivity index (χ0) is 49.2. The lowest BCUT2D eigenvalue weighted by atomic mass is 9.76. The van der Waals surface area contributed by atoms with Crippen LogP contribution >= 0.6 is 0 Å². The Kier molecular flexibility index (Phi) is 17.4. The van der Waals surface area contributed by atoms with Crippen LogP contribution in [0.15, 0.2) is 60.7 Å². The maximum absolute atomic E-state index is 14.6. The van der Waals surface area contributed by atoms with E-state index in [1.807, 2.05) is 13.8 Å². The SMILES string of the molecule is CCCNc1c(F)ccc(CN)c1F.CCN1c2ccc(F)cc2C(=O)CC12CCN(C(=O)NCc1ccc(F)c(NCCO)c1F)CC2.CCN1c2ccc(F)cc2C(=O)CC12CCNCC2. The molecule has 8 rings (SSSR count). The van der Waals surface area contributed by atoms with Crippen LogP contribution in [0.3, 0.4) is 0 Å². The van der Waals surface area contributed by atoms with Gasteiger partial charge in [0.05, 0.1) is 12.1 Å². The summed E-state index contributed by atoms with van der Waals surface area (Å²) < 4.78 is 82.2. The molecule has 18 heteroatoms. The lowest BCUT2D eigenvalue weighted by Crippen LogP contribution is -2.60. The molecule has 0 unspecified atom stereocenters. The number of piperidine rings is 2. The van der Waals surface area contributed by atoms with E-state index in [0.29, 0.717) is 62.1 Å². The number of amides is 2. The number of fused-ring (bicyclic) bond motifs is 2. The second kappa shape index (κ2) is 23.0. The number of anilines is 4. The predicted molar refractivity (Wildman–Crippen MR) is 252 cm³/mol. The van der Waals surface area contributed by atoms with E-state index in [2.05, 4.69) is 38.0 Å². The number of halogens is 6. The van der Waals surface area contributed by atoms with Gasteiger partial charge < -0.3 is 46.8 Å². The number of nitrogens with one attached hydrogen (secondary N) is 4.